The van der Waals surface area contributed by atoms with Crippen molar-refractivity contribution in [2.24, 2.45) is 5.92 Å². The smallest absolute Gasteiger partial charge is 0.0107 e. The summed E-state index contributed by atoms with van der Waals surface area (Å²) >= 11 is 0. The van der Waals surface area contributed by atoms with Gasteiger partial charge in [0.2, 0.25) is 0 Å². The van der Waals surface area contributed by atoms with Gasteiger partial charge in [0, 0.05) is 19.6 Å². The third-order valence-electron chi connectivity index (χ3n) is 6.11. The number of nitrogens with zero attached hydrogens (tertiary/aromatic N) is 1. The Morgan fingerprint density at radius 1 is 0.875 bits per heavy atom. The summed E-state index contributed by atoms with van der Waals surface area (Å²) in [6.07, 6.45) is 12.8. The van der Waals surface area contributed by atoms with Crippen LogP contribution in [0.15, 0.2) is 30.3 Å². The molecular weight excluding hydrogens is 292 g/mol. The van der Waals surface area contributed by atoms with Gasteiger partial charge in [-0.1, -0.05) is 62.4 Å². The van der Waals surface area contributed by atoms with Crippen molar-refractivity contribution in [3.63, 3.8) is 0 Å². The summed E-state index contributed by atoms with van der Waals surface area (Å²) in [6, 6.07) is 11.3. The Morgan fingerprint density at radius 3 is 2.25 bits per heavy atom. The summed E-state index contributed by atoms with van der Waals surface area (Å²) in [6.45, 7) is 6.16. The summed E-state index contributed by atoms with van der Waals surface area (Å²) < 4.78 is 0. The number of nitrogens with one attached hydrogen (secondary N) is 1. The molecular formula is C22H36N2. The van der Waals surface area contributed by atoms with Crippen molar-refractivity contribution in [2.75, 3.05) is 32.7 Å². The van der Waals surface area contributed by atoms with E-state index in [0.717, 1.165) is 19.0 Å². The highest BCUT2D eigenvalue weighted by Crippen LogP contribution is 2.35. The Bertz CT molecular complexity index is 431. The quantitative estimate of drug-likeness (QED) is 0.722. The molecule has 1 saturated carbocycles. The van der Waals surface area contributed by atoms with Crippen LogP contribution in [0.1, 0.15) is 69.3 Å². The Morgan fingerprint density at radius 2 is 1.54 bits per heavy atom. The first-order valence-electron chi connectivity index (χ1n) is 10.4. The van der Waals surface area contributed by atoms with E-state index in [1.165, 1.54) is 77.4 Å². The van der Waals surface area contributed by atoms with Crippen molar-refractivity contribution in [2.45, 2.75) is 63.7 Å². The van der Waals surface area contributed by atoms with Gasteiger partial charge in [0.15, 0.2) is 0 Å². The molecule has 2 fully saturated rings. The molecule has 0 radical (unpaired) electrons. The second-order valence-electron chi connectivity index (χ2n) is 7.88. The van der Waals surface area contributed by atoms with E-state index in [1.807, 2.05) is 0 Å². The number of rotatable bonds is 7. The van der Waals surface area contributed by atoms with E-state index < -0.39 is 0 Å². The summed E-state index contributed by atoms with van der Waals surface area (Å²) in [5.74, 6) is 1.59. The minimum Gasteiger partial charge on any atom is -0.315 e. The first-order valence-corrected chi connectivity index (χ1v) is 10.4. The number of likely N-dealkylation sites (tertiary alicyclic amines) is 1. The highest BCUT2D eigenvalue weighted by molar-refractivity contribution is 5.21. The normalized spacial score (nSPS) is 22.2. The van der Waals surface area contributed by atoms with E-state index >= 15 is 0 Å². The van der Waals surface area contributed by atoms with Crippen LogP contribution in [0.2, 0.25) is 0 Å². The van der Waals surface area contributed by atoms with Crippen molar-refractivity contribution in [3.05, 3.63) is 35.9 Å². The van der Waals surface area contributed by atoms with Gasteiger partial charge in [-0.3, -0.25) is 0 Å². The van der Waals surface area contributed by atoms with Crippen LogP contribution in [-0.2, 0) is 0 Å². The molecule has 3 rings (SSSR count). The van der Waals surface area contributed by atoms with Crippen molar-refractivity contribution >= 4 is 0 Å². The minimum atomic E-state index is 0.704. The van der Waals surface area contributed by atoms with E-state index in [1.54, 1.807) is 5.56 Å². The molecule has 1 aromatic rings. The third-order valence-corrected chi connectivity index (χ3v) is 6.11. The summed E-state index contributed by atoms with van der Waals surface area (Å²) in [7, 11) is 0. The first kappa shape index (κ1) is 17.9. The lowest BCUT2D eigenvalue weighted by molar-refractivity contribution is 0.270. The largest absolute Gasteiger partial charge is 0.315 e. The van der Waals surface area contributed by atoms with Crippen LogP contribution in [0.3, 0.4) is 0 Å². The Hall–Kier alpha value is -0.860. The highest BCUT2D eigenvalue weighted by atomic mass is 15.1. The molecule has 0 bridgehead atoms. The molecule has 1 aliphatic carbocycles. The fourth-order valence-corrected chi connectivity index (χ4v) is 4.65. The highest BCUT2D eigenvalue weighted by Gasteiger charge is 2.24. The molecule has 24 heavy (non-hydrogen) atoms. The van der Waals surface area contributed by atoms with Crippen LogP contribution in [0.25, 0.3) is 0 Å². The zero-order valence-electron chi connectivity index (χ0n) is 15.4. The van der Waals surface area contributed by atoms with Gasteiger partial charge in [0.25, 0.3) is 0 Å². The average molecular weight is 329 g/mol. The van der Waals surface area contributed by atoms with Crippen LogP contribution in [-0.4, -0.2) is 37.6 Å². The lowest BCUT2D eigenvalue weighted by Crippen LogP contribution is -2.35. The zero-order chi connectivity index (χ0) is 16.5. The molecule has 1 heterocycles. The van der Waals surface area contributed by atoms with Crippen LogP contribution in [0.5, 0.6) is 0 Å². The predicted molar refractivity (Wildman–Crippen MR) is 104 cm³/mol. The number of hydrogen-bond donors (Lipinski definition) is 1. The van der Waals surface area contributed by atoms with Crippen LogP contribution in [0.4, 0.5) is 0 Å². The van der Waals surface area contributed by atoms with Gasteiger partial charge in [-0.15, -0.1) is 0 Å². The summed E-state index contributed by atoms with van der Waals surface area (Å²) in [4.78, 5) is 2.66. The molecule has 1 saturated heterocycles. The van der Waals surface area contributed by atoms with E-state index in [0.29, 0.717) is 5.92 Å². The molecule has 1 N–H and O–H groups in total. The van der Waals surface area contributed by atoms with E-state index in [2.05, 4.69) is 40.5 Å². The molecule has 0 aromatic heterocycles. The molecule has 1 aromatic carbocycles. The van der Waals surface area contributed by atoms with Crippen molar-refractivity contribution in [3.8, 4) is 0 Å². The van der Waals surface area contributed by atoms with Crippen molar-refractivity contribution in [1.29, 1.82) is 0 Å². The van der Waals surface area contributed by atoms with Crippen LogP contribution in [0, 0.1) is 5.92 Å². The Kier molecular flexibility index (Phi) is 7.63. The average Bonchev–Trinajstić information content (AvgIpc) is 2.92. The maximum Gasteiger partial charge on any atom is 0.0107 e. The Balaban J connectivity index is 1.48. The fraction of sp³-hybridized carbons (Fsp3) is 0.727. The SMILES string of the molecule is c1ccc(C(CNCCN2CCCCCC2)C2CCCCC2)cc1. The second-order valence-corrected chi connectivity index (χ2v) is 7.88. The number of hydrogen-bond acceptors (Lipinski definition) is 2. The lowest BCUT2D eigenvalue weighted by Gasteiger charge is -2.31. The molecule has 1 aliphatic heterocycles. The van der Waals surface area contributed by atoms with Crippen molar-refractivity contribution in [1.82, 2.24) is 10.2 Å². The minimum absolute atomic E-state index is 0.704. The summed E-state index contributed by atoms with van der Waals surface area (Å²) in [5.41, 5.74) is 1.55. The predicted octanol–water partition coefficient (Wildman–Crippen LogP) is 4.82. The topological polar surface area (TPSA) is 15.3 Å². The van der Waals surface area contributed by atoms with Crippen LogP contribution >= 0.6 is 0 Å². The lowest BCUT2D eigenvalue weighted by atomic mass is 9.77. The molecule has 2 heteroatoms. The van der Waals surface area contributed by atoms with Gasteiger partial charge in [-0.2, -0.15) is 0 Å². The van der Waals surface area contributed by atoms with Gasteiger partial charge in [0.1, 0.15) is 0 Å². The fourth-order valence-electron chi connectivity index (χ4n) is 4.65. The van der Waals surface area contributed by atoms with Crippen molar-refractivity contribution < 1.29 is 0 Å². The summed E-state index contributed by atoms with van der Waals surface area (Å²) in [5, 5.41) is 3.81. The van der Waals surface area contributed by atoms with Gasteiger partial charge < -0.3 is 10.2 Å². The second kappa shape index (κ2) is 10.2. The molecule has 134 valence electrons. The van der Waals surface area contributed by atoms with E-state index in [9.17, 15) is 0 Å². The number of benzene rings is 1. The van der Waals surface area contributed by atoms with Gasteiger partial charge in [-0.05, 0) is 56.2 Å². The molecule has 2 nitrogen and oxygen atoms in total. The van der Waals surface area contributed by atoms with Gasteiger partial charge in [-0.25, -0.2) is 0 Å². The molecule has 1 unspecified atom stereocenters. The Labute approximate surface area is 149 Å². The monoisotopic (exact) mass is 328 g/mol. The van der Waals surface area contributed by atoms with Crippen LogP contribution < -0.4 is 5.32 Å². The van der Waals surface area contributed by atoms with Gasteiger partial charge >= 0.3 is 0 Å². The molecule has 2 aliphatic rings. The van der Waals surface area contributed by atoms with Gasteiger partial charge in [0.05, 0.1) is 0 Å². The molecule has 1 atom stereocenters. The third kappa shape index (κ3) is 5.60. The maximum absolute atomic E-state index is 3.81. The first-order chi connectivity index (χ1) is 11.9. The molecule has 0 amide bonds. The zero-order valence-corrected chi connectivity index (χ0v) is 15.4. The van der Waals surface area contributed by atoms with E-state index in [-0.39, 0.29) is 0 Å². The standard InChI is InChI=1S/C22H36N2/c1-2-10-17-24(16-9-1)18-15-23-19-22(20-11-5-3-6-12-20)21-13-7-4-8-14-21/h3,5-6,11-12,21-23H,1-2,4,7-10,13-19H2. The molecule has 0 spiro atoms. The maximum atomic E-state index is 3.81. The van der Waals surface area contributed by atoms with E-state index in [4.69, 9.17) is 0 Å².